The second kappa shape index (κ2) is 8.68. The molecule has 1 N–H and O–H groups in total. The highest BCUT2D eigenvalue weighted by molar-refractivity contribution is 9.11. The van der Waals surface area contributed by atoms with Crippen LogP contribution in [-0.4, -0.2) is 32.3 Å². The quantitative estimate of drug-likeness (QED) is 0.503. The second-order valence-electron chi connectivity index (χ2n) is 5.96. The number of halogens is 2. The Morgan fingerprint density at radius 2 is 1.77 bits per heavy atom. The summed E-state index contributed by atoms with van der Waals surface area (Å²) in [5.74, 6) is 0.477. The predicted octanol–water partition coefficient (Wildman–Crippen LogP) is 4.58. The Hall–Kier alpha value is -1.86. The molecule has 1 amide bonds. The van der Waals surface area contributed by atoms with Crippen molar-refractivity contribution in [1.29, 1.82) is 0 Å². The first-order valence-corrected chi connectivity index (χ1v) is 9.88. The van der Waals surface area contributed by atoms with Crippen LogP contribution < -0.4 is 15.1 Å². The molecule has 1 aliphatic rings. The van der Waals surface area contributed by atoms with E-state index >= 15 is 0 Å². The summed E-state index contributed by atoms with van der Waals surface area (Å²) in [5, 5.41) is 4.04. The number of nitrogens with zero attached hydrogens (tertiary/aromatic N) is 2. The van der Waals surface area contributed by atoms with Gasteiger partial charge in [-0.2, -0.15) is 5.10 Å². The van der Waals surface area contributed by atoms with Crippen molar-refractivity contribution in [2.24, 2.45) is 5.10 Å². The molecule has 0 aliphatic carbocycles. The molecule has 0 unspecified atom stereocenters. The van der Waals surface area contributed by atoms with Crippen LogP contribution in [-0.2, 0) is 0 Å². The summed E-state index contributed by atoms with van der Waals surface area (Å²) in [6, 6.07) is 11.4. The van der Waals surface area contributed by atoms with Gasteiger partial charge in [-0.05, 0) is 86.7 Å². The summed E-state index contributed by atoms with van der Waals surface area (Å²) in [6.07, 6.45) is 4.05. The Bertz CT molecular complexity index is 793. The first kappa shape index (κ1) is 18.9. The van der Waals surface area contributed by atoms with Crippen molar-refractivity contribution >= 4 is 49.7 Å². The Balaban J connectivity index is 1.62. The average Bonchev–Trinajstić information content (AvgIpc) is 3.16. The van der Waals surface area contributed by atoms with E-state index in [1.54, 1.807) is 13.3 Å². The number of nitrogens with one attached hydrogen (secondary N) is 1. The van der Waals surface area contributed by atoms with Gasteiger partial charge in [0.15, 0.2) is 0 Å². The van der Waals surface area contributed by atoms with Gasteiger partial charge in [-0.3, -0.25) is 4.79 Å². The average molecular weight is 481 g/mol. The molecule has 7 heteroatoms. The highest BCUT2D eigenvalue weighted by Crippen LogP contribution is 2.33. The summed E-state index contributed by atoms with van der Waals surface area (Å²) in [5.41, 5.74) is 5.13. The summed E-state index contributed by atoms with van der Waals surface area (Å²) in [7, 11) is 1.60. The van der Waals surface area contributed by atoms with Crippen molar-refractivity contribution < 1.29 is 9.53 Å². The molecule has 3 rings (SSSR count). The number of carbonyl (C=O) groups excluding carboxylic acids is 1. The standard InChI is InChI=1S/C19H19Br2N3O2/c1-26-18-16(20)10-13(11-17(18)21)12-22-23-19(25)14-4-6-15(7-5-14)24-8-2-3-9-24/h4-7,10-12H,2-3,8-9H2,1H3,(H,23,25)/b22-12-. The Labute approximate surface area is 169 Å². The van der Waals surface area contributed by atoms with E-state index in [0.29, 0.717) is 11.3 Å². The third-order valence-electron chi connectivity index (χ3n) is 4.21. The Morgan fingerprint density at radius 3 is 2.35 bits per heavy atom. The van der Waals surface area contributed by atoms with Crippen LogP contribution in [0.15, 0.2) is 50.4 Å². The van der Waals surface area contributed by atoms with Crippen molar-refractivity contribution in [2.45, 2.75) is 12.8 Å². The van der Waals surface area contributed by atoms with Crippen LogP contribution in [0.4, 0.5) is 5.69 Å². The fourth-order valence-corrected chi connectivity index (χ4v) is 4.42. The van der Waals surface area contributed by atoms with Crippen LogP contribution in [0.1, 0.15) is 28.8 Å². The topological polar surface area (TPSA) is 53.9 Å². The molecular formula is C19H19Br2N3O2. The first-order chi connectivity index (χ1) is 12.6. The largest absolute Gasteiger partial charge is 0.494 e. The molecule has 0 aromatic heterocycles. The van der Waals surface area contributed by atoms with E-state index in [9.17, 15) is 4.79 Å². The smallest absolute Gasteiger partial charge is 0.271 e. The molecule has 136 valence electrons. The third-order valence-corrected chi connectivity index (χ3v) is 5.38. The number of rotatable bonds is 5. The van der Waals surface area contributed by atoms with Crippen LogP contribution >= 0.6 is 31.9 Å². The van der Waals surface area contributed by atoms with Crippen LogP contribution in [0, 0.1) is 0 Å². The van der Waals surface area contributed by atoms with Gasteiger partial charge in [-0.25, -0.2) is 5.43 Å². The van der Waals surface area contributed by atoms with Crippen molar-refractivity contribution in [3.05, 3.63) is 56.5 Å². The number of hydrogen-bond acceptors (Lipinski definition) is 4. The van der Waals surface area contributed by atoms with E-state index in [2.05, 4.69) is 47.3 Å². The van der Waals surface area contributed by atoms with Gasteiger partial charge < -0.3 is 9.64 Å². The number of carbonyl (C=O) groups is 1. The molecule has 1 heterocycles. The lowest BCUT2D eigenvalue weighted by Gasteiger charge is -2.17. The first-order valence-electron chi connectivity index (χ1n) is 8.30. The van der Waals surface area contributed by atoms with E-state index in [1.165, 1.54) is 12.8 Å². The van der Waals surface area contributed by atoms with Gasteiger partial charge in [0, 0.05) is 24.3 Å². The van der Waals surface area contributed by atoms with Gasteiger partial charge in [0.1, 0.15) is 5.75 Å². The number of methoxy groups -OCH3 is 1. The molecule has 1 fully saturated rings. The SMILES string of the molecule is COc1c(Br)cc(/C=N\NC(=O)c2ccc(N3CCCC3)cc2)cc1Br. The fourth-order valence-electron chi connectivity index (χ4n) is 2.88. The maximum atomic E-state index is 12.2. The van der Waals surface area contributed by atoms with E-state index in [0.717, 1.165) is 33.3 Å². The summed E-state index contributed by atoms with van der Waals surface area (Å²) >= 11 is 6.88. The van der Waals surface area contributed by atoms with Crippen LogP contribution in [0.2, 0.25) is 0 Å². The molecule has 0 spiro atoms. The normalized spacial score (nSPS) is 14.0. The fraction of sp³-hybridized carbons (Fsp3) is 0.263. The molecular weight excluding hydrogens is 462 g/mol. The van der Waals surface area contributed by atoms with Gasteiger partial charge in [0.05, 0.1) is 22.3 Å². The lowest BCUT2D eigenvalue weighted by atomic mass is 10.2. The number of anilines is 1. The van der Waals surface area contributed by atoms with E-state index in [4.69, 9.17) is 4.74 Å². The zero-order chi connectivity index (χ0) is 18.5. The van der Waals surface area contributed by atoms with Crippen molar-refractivity contribution in [2.75, 3.05) is 25.1 Å². The van der Waals surface area contributed by atoms with Crippen LogP contribution in [0.3, 0.4) is 0 Å². The highest BCUT2D eigenvalue weighted by Gasteiger charge is 2.13. The molecule has 1 aliphatic heterocycles. The number of ether oxygens (including phenoxy) is 1. The Kier molecular flexibility index (Phi) is 6.32. The molecule has 0 bridgehead atoms. The van der Waals surface area contributed by atoms with E-state index in [1.807, 2.05) is 36.4 Å². The predicted molar refractivity (Wildman–Crippen MR) is 111 cm³/mol. The molecule has 0 saturated carbocycles. The molecule has 1 saturated heterocycles. The van der Waals surface area contributed by atoms with Gasteiger partial charge >= 0.3 is 0 Å². The van der Waals surface area contributed by atoms with Crippen molar-refractivity contribution in [3.8, 4) is 5.75 Å². The van der Waals surface area contributed by atoms with Crippen molar-refractivity contribution in [3.63, 3.8) is 0 Å². The summed E-state index contributed by atoms with van der Waals surface area (Å²) in [4.78, 5) is 14.6. The van der Waals surface area contributed by atoms with Crippen LogP contribution in [0.5, 0.6) is 5.75 Å². The maximum Gasteiger partial charge on any atom is 0.271 e. The van der Waals surface area contributed by atoms with Gasteiger partial charge in [-0.1, -0.05) is 0 Å². The summed E-state index contributed by atoms with van der Waals surface area (Å²) < 4.78 is 6.88. The van der Waals surface area contributed by atoms with Crippen LogP contribution in [0.25, 0.3) is 0 Å². The van der Waals surface area contributed by atoms with Crippen molar-refractivity contribution in [1.82, 2.24) is 5.43 Å². The highest BCUT2D eigenvalue weighted by atomic mass is 79.9. The van der Waals surface area contributed by atoms with E-state index < -0.39 is 0 Å². The third kappa shape index (κ3) is 4.45. The maximum absolute atomic E-state index is 12.2. The molecule has 26 heavy (non-hydrogen) atoms. The zero-order valence-corrected chi connectivity index (χ0v) is 17.5. The monoisotopic (exact) mass is 479 g/mol. The van der Waals surface area contributed by atoms with Gasteiger partial charge in [0.25, 0.3) is 5.91 Å². The lowest BCUT2D eigenvalue weighted by molar-refractivity contribution is 0.0955. The Morgan fingerprint density at radius 1 is 1.15 bits per heavy atom. The number of hydrogen-bond donors (Lipinski definition) is 1. The van der Waals surface area contributed by atoms with Gasteiger partial charge in [-0.15, -0.1) is 0 Å². The minimum atomic E-state index is -0.235. The minimum Gasteiger partial charge on any atom is -0.494 e. The minimum absolute atomic E-state index is 0.235. The van der Waals surface area contributed by atoms with Gasteiger partial charge in [0.2, 0.25) is 0 Å². The van der Waals surface area contributed by atoms with E-state index in [-0.39, 0.29) is 5.91 Å². The molecule has 5 nitrogen and oxygen atoms in total. The lowest BCUT2D eigenvalue weighted by Crippen LogP contribution is -2.19. The molecule has 0 radical (unpaired) electrons. The summed E-state index contributed by atoms with van der Waals surface area (Å²) in [6.45, 7) is 2.17. The zero-order valence-electron chi connectivity index (χ0n) is 14.3. The second-order valence-corrected chi connectivity index (χ2v) is 7.67. The number of amides is 1. The molecule has 0 atom stereocenters. The molecule has 2 aromatic carbocycles. The number of benzene rings is 2. The molecule has 2 aromatic rings. The number of hydrazone groups is 1.